The van der Waals surface area contributed by atoms with Crippen molar-refractivity contribution in [3.8, 4) is 11.4 Å². The van der Waals surface area contributed by atoms with Crippen LogP contribution in [0.5, 0.6) is 0 Å². The summed E-state index contributed by atoms with van der Waals surface area (Å²) in [6.07, 6.45) is 3.51. The van der Waals surface area contributed by atoms with Gasteiger partial charge in [-0.3, -0.25) is 9.59 Å². The summed E-state index contributed by atoms with van der Waals surface area (Å²) in [7, 11) is 1.71. The number of nitrogens with zero attached hydrogens (tertiary/aromatic N) is 4. The summed E-state index contributed by atoms with van der Waals surface area (Å²) in [5, 5.41) is 15.0. The lowest BCUT2D eigenvalue weighted by Crippen LogP contribution is -2.19. The second-order valence-corrected chi connectivity index (χ2v) is 7.90. The first-order valence-electron chi connectivity index (χ1n) is 10.3. The predicted octanol–water partition coefficient (Wildman–Crippen LogP) is 3.53. The number of carbonyl (C=O) groups is 2. The second kappa shape index (κ2) is 8.57. The second-order valence-electron chi connectivity index (χ2n) is 7.90. The van der Waals surface area contributed by atoms with Crippen LogP contribution >= 0.6 is 0 Å². The molecular formula is C23H25N5O2. The molecule has 1 saturated carbocycles. The number of nitrogens with one attached hydrogen (secondary N) is 1. The average Bonchev–Trinajstić information content (AvgIpc) is 3.36. The third-order valence-corrected chi connectivity index (χ3v) is 5.68. The van der Waals surface area contributed by atoms with Crippen LogP contribution in [0.1, 0.15) is 43.2 Å². The molecule has 0 unspecified atom stereocenters. The van der Waals surface area contributed by atoms with Gasteiger partial charge in [-0.25, -0.2) is 0 Å². The van der Waals surface area contributed by atoms with Crippen LogP contribution in [-0.2, 0) is 23.1 Å². The number of aromatic nitrogens is 4. The third-order valence-electron chi connectivity index (χ3n) is 5.68. The Labute approximate surface area is 175 Å². The minimum Gasteiger partial charge on any atom is -0.326 e. The van der Waals surface area contributed by atoms with Gasteiger partial charge >= 0.3 is 0 Å². The Balaban J connectivity index is 1.40. The van der Waals surface area contributed by atoms with E-state index in [4.69, 9.17) is 0 Å². The molecule has 0 aliphatic heterocycles. The molecule has 1 N–H and O–H groups in total. The summed E-state index contributed by atoms with van der Waals surface area (Å²) in [5.74, 6) is 0.666. The number of anilines is 1. The van der Waals surface area contributed by atoms with E-state index in [1.165, 1.54) is 4.80 Å². The number of Topliss-reactive ketones (excluding diaryl/α,β-unsaturated/α-hetero) is 1. The number of tetrazole rings is 1. The lowest BCUT2D eigenvalue weighted by atomic mass is 9.94. The average molecular weight is 403 g/mol. The predicted molar refractivity (Wildman–Crippen MR) is 114 cm³/mol. The van der Waals surface area contributed by atoms with E-state index in [0.29, 0.717) is 23.7 Å². The van der Waals surface area contributed by atoms with Gasteiger partial charge in [-0.05, 0) is 54.7 Å². The van der Waals surface area contributed by atoms with Gasteiger partial charge in [0, 0.05) is 23.6 Å². The number of amides is 1. The molecule has 1 aliphatic rings. The number of aryl methyl sites for hydroxylation is 1. The van der Waals surface area contributed by atoms with Gasteiger partial charge < -0.3 is 5.32 Å². The Kier molecular flexibility index (Phi) is 5.70. The highest BCUT2D eigenvalue weighted by molar-refractivity contribution is 5.96. The summed E-state index contributed by atoms with van der Waals surface area (Å²) in [4.78, 5) is 26.0. The molecule has 0 radical (unpaired) electrons. The van der Waals surface area contributed by atoms with Crippen molar-refractivity contribution in [1.82, 2.24) is 20.2 Å². The van der Waals surface area contributed by atoms with E-state index >= 15 is 0 Å². The normalized spacial score (nSPS) is 17.1. The molecule has 7 nitrogen and oxygen atoms in total. The van der Waals surface area contributed by atoms with Gasteiger partial charge in [-0.2, -0.15) is 4.80 Å². The highest BCUT2D eigenvalue weighted by Gasteiger charge is 2.24. The van der Waals surface area contributed by atoms with Gasteiger partial charge in [-0.1, -0.05) is 36.4 Å². The van der Waals surface area contributed by atoms with Crippen molar-refractivity contribution in [1.29, 1.82) is 0 Å². The molecule has 0 saturated heterocycles. The Morgan fingerprint density at radius 3 is 2.70 bits per heavy atom. The highest BCUT2D eigenvalue weighted by atomic mass is 16.2. The standard InChI is InChI=1S/C23H25N5O2/c1-15(17-11-9-16(10-12-17)13-18-5-4-8-21(18)29)23(30)24-20-7-3-6-19(14-20)22-25-27-28(2)26-22/h3,6-7,9-12,14-15,18H,4-5,8,13H2,1-2H3,(H,24,30)/t15-,18-/m1/s1. The SMILES string of the molecule is C[C@@H](C(=O)Nc1cccc(-c2nnn(C)n2)c1)c1ccc(C[C@H]2CCCC2=O)cc1. The fourth-order valence-electron chi connectivity index (χ4n) is 3.87. The largest absolute Gasteiger partial charge is 0.326 e. The van der Waals surface area contributed by atoms with Gasteiger partial charge in [0.1, 0.15) is 5.78 Å². The van der Waals surface area contributed by atoms with E-state index in [2.05, 4.69) is 20.7 Å². The van der Waals surface area contributed by atoms with Crippen LogP contribution in [-0.4, -0.2) is 31.9 Å². The van der Waals surface area contributed by atoms with Crippen LogP contribution < -0.4 is 5.32 Å². The first kappa shape index (κ1) is 19.9. The Hall–Kier alpha value is -3.35. The molecule has 4 rings (SSSR count). The van der Waals surface area contributed by atoms with Crippen molar-refractivity contribution in [2.75, 3.05) is 5.32 Å². The van der Waals surface area contributed by atoms with Crippen LogP contribution in [0.15, 0.2) is 48.5 Å². The Morgan fingerprint density at radius 2 is 2.03 bits per heavy atom. The van der Waals surface area contributed by atoms with Gasteiger partial charge in [0.05, 0.1) is 13.0 Å². The summed E-state index contributed by atoms with van der Waals surface area (Å²) >= 11 is 0. The van der Waals surface area contributed by atoms with Crippen LogP contribution in [0.2, 0.25) is 0 Å². The van der Waals surface area contributed by atoms with Crippen LogP contribution in [0, 0.1) is 5.92 Å². The maximum atomic E-state index is 12.8. The molecular weight excluding hydrogens is 378 g/mol. The molecule has 1 aliphatic carbocycles. The minimum absolute atomic E-state index is 0.0852. The first-order chi connectivity index (χ1) is 14.5. The lowest BCUT2D eigenvalue weighted by molar-refractivity contribution is -0.120. The maximum absolute atomic E-state index is 12.8. The third kappa shape index (κ3) is 4.45. The molecule has 0 bridgehead atoms. The molecule has 7 heteroatoms. The van der Waals surface area contributed by atoms with Gasteiger partial charge in [0.2, 0.25) is 11.7 Å². The number of hydrogen-bond donors (Lipinski definition) is 1. The maximum Gasteiger partial charge on any atom is 0.231 e. The number of ketones is 1. The number of rotatable bonds is 6. The molecule has 154 valence electrons. The van der Waals surface area contributed by atoms with Crippen LogP contribution in [0.25, 0.3) is 11.4 Å². The molecule has 30 heavy (non-hydrogen) atoms. The molecule has 1 aromatic heterocycles. The Morgan fingerprint density at radius 1 is 1.23 bits per heavy atom. The van der Waals surface area contributed by atoms with E-state index in [0.717, 1.165) is 36.0 Å². The fourth-order valence-corrected chi connectivity index (χ4v) is 3.87. The first-order valence-corrected chi connectivity index (χ1v) is 10.3. The van der Waals surface area contributed by atoms with E-state index in [1.54, 1.807) is 7.05 Å². The van der Waals surface area contributed by atoms with Gasteiger partial charge in [0.15, 0.2) is 0 Å². The quantitative estimate of drug-likeness (QED) is 0.680. The van der Waals surface area contributed by atoms with E-state index in [9.17, 15) is 9.59 Å². The topological polar surface area (TPSA) is 89.8 Å². The summed E-state index contributed by atoms with van der Waals surface area (Å²) in [6, 6.07) is 15.4. The fraction of sp³-hybridized carbons (Fsp3) is 0.348. The molecule has 3 aromatic rings. The van der Waals surface area contributed by atoms with E-state index < -0.39 is 0 Å². The Bertz CT molecular complexity index is 1060. The molecule has 2 aromatic carbocycles. The number of carbonyl (C=O) groups excluding carboxylic acids is 2. The lowest BCUT2D eigenvalue weighted by Gasteiger charge is -2.14. The van der Waals surface area contributed by atoms with Crippen molar-refractivity contribution in [3.63, 3.8) is 0 Å². The van der Waals surface area contributed by atoms with Crippen LogP contribution in [0.3, 0.4) is 0 Å². The summed E-state index contributed by atoms with van der Waals surface area (Å²) in [6.45, 7) is 1.89. The zero-order chi connectivity index (χ0) is 21.1. The highest BCUT2D eigenvalue weighted by Crippen LogP contribution is 2.26. The smallest absolute Gasteiger partial charge is 0.231 e. The molecule has 1 amide bonds. The summed E-state index contributed by atoms with van der Waals surface area (Å²) < 4.78 is 0. The molecule has 2 atom stereocenters. The van der Waals surface area contributed by atoms with Crippen molar-refractivity contribution in [2.45, 2.75) is 38.5 Å². The van der Waals surface area contributed by atoms with Crippen molar-refractivity contribution in [3.05, 3.63) is 59.7 Å². The zero-order valence-corrected chi connectivity index (χ0v) is 17.2. The molecule has 1 heterocycles. The van der Waals surface area contributed by atoms with Crippen molar-refractivity contribution >= 4 is 17.4 Å². The zero-order valence-electron chi connectivity index (χ0n) is 17.2. The summed E-state index contributed by atoms with van der Waals surface area (Å²) in [5.41, 5.74) is 3.57. The van der Waals surface area contributed by atoms with E-state index in [1.807, 2.05) is 55.5 Å². The number of hydrogen-bond acceptors (Lipinski definition) is 5. The monoisotopic (exact) mass is 403 g/mol. The van der Waals surface area contributed by atoms with E-state index in [-0.39, 0.29) is 17.7 Å². The van der Waals surface area contributed by atoms with Gasteiger partial charge in [-0.15, -0.1) is 10.2 Å². The van der Waals surface area contributed by atoms with Crippen molar-refractivity contribution in [2.24, 2.45) is 13.0 Å². The molecule has 0 spiro atoms. The molecule has 1 fully saturated rings. The van der Waals surface area contributed by atoms with Crippen LogP contribution in [0.4, 0.5) is 5.69 Å². The van der Waals surface area contributed by atoms with Crippen molar-refractivity contribution < 1.29 is 9.59 Å². The minimum atomic E-state index is -0.300. The van der Waals surface area contributed by atoms with Gasteiger partial charge in [0.25, 0.3) is 0 Å². The number of benzene rings is 2.